The fraction of sp³-hybridized carbons (Fsp3) is 0.217. The lowest BCUT2D eigenvalue weighted by atomic mass is 9.72. The summed E-state index contributed by atoms with van der Waals surface area (Å²) in [6, 6.07) is 17.8. The van der Waals surface area contributed by atoms with Crippen LogP contribution in [0.15, 0.2) is 72.1 Å². The Labute approximate surface area is 182 Å². The number of carbonyl (C=O) groups excluding carboxylic acids is 1. The van der Waals surface area contributed by atoms with Crippen LogP contribution in [-0.2, 0) is 4.79 Å². The van der Waals surface area contributed by atoms with Crippen molar-refractivity contribution >= 4 is 28.8 Å². The number of aliphatic carboxylic acids is 1. The fourth-order valence-corrected chi connectivity index (χ4v) is 5.23. The smallest absolute Gasteiger partial charge is 0.324 e. The highest BCUT2D eigenvalue weighted by atomic mass is 32.1. The highest BCUT2D eigenvalue weighted by Crippen LogP contribution is 2.51. The van der Waals surface area contributed by atoms with Gasteiger partial charge in [-0.3, -0.25) is 25.0 Å². The van der Waals surface area contributed by atoms with Crippen LogP contribution in [0, 0.1) is 16.0 Å². The Hall–Kier alpha value is -3.36. The Morgan fingerprint density at radius 2 is 1.74 bits per heavy atom. The van der Waals surface area contributed by atoms with Crippen LogP contribution in [-0.4, -0.2) is 27.3 Å². The average molecular weight is 436 g/mol. The number of nitrogens with zero attached hydrogens (tertiary/aromatic N) is 1. The van der Waals surface area contributed by atoms with Gasteiger partial charge in [0.15, 0.2) is 5.78 Å². The predicted octanol–water partition coefficient (Wildman–Crippen LogP) is 4.43. The van der Waals surface area contributed by atoms with Gasteiger partial charge in [0, 0.05) is 28.5 Å². The van der Waals surface area contributed by atoms with Crippen molar-refractivity contribution in [1.29, 1.82) is 0 Å². The van der Waals surface area contributed by atoms with Crippen LogP contribution in [0.25, 0.3) is 0 Å². The molecule has 31 heavy (non-hydrogen) atoms. The van der Waals surface area contributed by atoms with Gasteiger partial charge in [0.2, 0.25) is 0 Å². The van der Waals surface area contributed by atoms with Gasteiger partial charge in [-0.05, 0) is 23.9 Å². The zero-order valence-corrected chi connectivity index (χ0v) is 17.4. The zero-order chi connectivity index (χ0) is 22.2. The molecular formula is C23H20N2O5S. The van der Waals surface area contributed by atoms with Crippen LogP contribution in [0.3, 0.4) is 0 Å². The molecule has 158 valence electrons. The number of ketones is 1. The summed E-state index contributed by atoms with van der Waals surface area (Å²) < 4.78 is 0. The third kappa shape index (κ3) is 3.64. The predicted molar refractivity (Wildman–Crippen MR) is 116 cm³/mol. The summed E-state index contributed by atoms with van der Waals surface area (Å²) in [5.74, 6) is -2.69. The minimum atomic E-state index is -1.44. The maximum absolute atomic E-state index is 13.7. The molecule has 1 saturated heterocycles. The fourth-order valence-electron chi connectivity index (χ4n) is 4.41. The van der Waals surface area contributed by atoms with E-state index in [1.54, 1.807) is 43.3 Å². The van der Waals surface area contributed by atoms with Crippen molar-refractivity contribution < 1.29 is 19.6 Å². The van der Waals surface area contributed by atoms with Gasteiger partial charge in [-0.1, -0.05) is 48.5 Å². The summed E-state index contributed by atoms with van der Waals surface area (Å²) in [5, 5.41) is 26.3. The molecule has 3 aromatic rings. The molecule has 2 aromatic carbocycles. The first kappa shape index (κ1) is 20.9. The Balaban J connectivity index is 1.88. The molecule has 4 unspecified atom stereocenters. The lowest BCUT2D eigenvalue weighted by molar-refractivity contribution is -0.384. The van der Waals surface area contributed by atoms with Crippen molar-refractivity contribution in [2.24, 2.45) is 5.92 Å². The Morgan fingerprint density at radius 3 is 2.29 bits per heavy atom. The van der Waals surface area contributed by atoms with Gasteiger partial charge >= 0.3 is 5.97 Å². The van der Waals surface area contributed by atoms with E-state index in [-0.39, 0.29) is 11.5 Å². The highest BCUT2D eigenvalue weighted by molar-refractivity contribution is 7.10. The van der Waals surface area contributed by atoms with Crippen LogP contribution >= 0.6 is 11.3 Å². The lowest BCUT2D eigenvalue weighted by Crippen LogP contribution is -2.49. The van der Waals surface area contributed by atoms with E-state index in [1.165, 1.54) is 23.5 Å². The van der Waals surface area contributed by atoms with Gasteiger partial charge < -0.3 is 5.11 Å². The molecule has 7 nitrogen and oxygen atoms in total. The number of nitro benzene ring substituents is 1. The van der Waals surface area contributed by atoms with E-state index in [4.69, 9.17) is 0 Å². The summed E-state index contributed by atoms with van der Waals surface area (Å²) >= 11 is 1.46. The number of nitro groups is 1. The average Bonchev–Trinajstić information content (AvgIpc) is 3.40. The molecule has 0 aliphatic carbocycles. The molecule has 1 aliphatic rings. The zero-order valence-electron chi connectivity index (χ0n) is 16.6. The van der Waals surface area contributed by atoms with E-state index >= 15 is 0 Å². The molecule has 0 radical (unpaired) electrons. The van der Waals surface area contributed by atoms with Gasteiger partial charge in [0.05, 0.1) is 16.9 Å². The molecule has 0 saturated carbocycles. The number of carbonyl (C=O) groups is 2. The number of Topliss-reactive ketones (excluding diaryl/α,β-unsaturated/α-hetero) is 1. The number of thiophene rings is 1. The van der Waals surface area contributed by atoms with Gasteiger partial charge in [0.1, 0.15) is 5.54 Å². The lowest BCUT2D eigenvalue weighted by Gasteiger charge is -2.29. The number of hydrogen-bond acceptors (Lipinski definition) is 6. The van der Waals surface area contributed by atoms with Crippen LogP contribution in [0.5, 0.6) is 0 Å². The number of carboxylic acid groups (broad SMARTS) is 1. The number of benzene rings is 2. The summed E-state index contributed by atoms with van der Waals surface area (Å²) in [4.78, 5) is 37.6. The largest absolute Gasteiger partial charge is 0.480 e. The van der Waals surface area contributed by atoms with Crippen LogP contribution < -0.4 is 5.32 Å². The molecule has 2 N–H and O–H groups in total. The first-order chi connectivity index (χ1) is 14.8. The maximum Gasteiger partial charge on any atom is 0.324 e. The SMILES string of the molecule is CC1(C(=O)O)NC(c2cccs2)C(C(=O)c2ccccc2)C1c1ccc([N+](=O)[O-])cc1. The van der Waals surface area contributed by atoms with Crippen molar-refractivity contribution in [1.82, 2.24) is 5.32 Å². The van der Waals surface area contributed by atoms with E-state index in [1.807, 2.05) is 23.6 Å². The molecule has 0 spiro atoms. The topological polar surface area (TPSA) is 110 Å². The minimum absolute atomic E-state index is 0.0903. The highest BCUT2D eigenvalue weighted by Gasteiger charge is 2.58. The second-order valence-electron chi connectivity index (χ2n) is 7.73. The molecular weight excluding hydrogens is 416 g/mol. The Morgan fingerprint density at radius 1 is 1.06 bits per heavy atom. The molecule has 4 rings (SSSR count). The summed E-state index contributed by atoms with van der Waals surface area (Å²) in [5.41, 5.74) is -0.471. The molecule has 1 fully saturated rings. The van der Waals surface area contributed by atoms with Crippen molar-refractivity contribution in [3.8, 4) is 0 Å². The summed E-state index contributed by atoms with van der Waals surface area (Å²) in [7, 11) is 0. The number of carboxylic acids is 1. The van der Waals surface area contributed by atoms with E-state index in [9.17, 15) is 24.8 Å². The standard InChI is InChI=1S/C23H20N2O5S/c1-23(22(27)28)19(14-9-11-16(12-10-14)25(29)30)18(20(24-23)17-8-5-13-31-17)21(26)15-6-3-2-4-7-15/h2-13,18-20,24H,1H3,(H,27,28). The molecule has 0 bridgehead atoms. The molecule has 1 aromatic heterocycles. The Bertz CT molecular complexity index is 1110. The number of nitrogens with one attached hydrogen (secondary N) is 1. The molecule has 0 amide bonds. The number of hydrogen-bond donors (Lipinski definition) is 2. The van der Waals surface area contributed by atoms with Gasteiger partial charge in [-0.15, -0.1) is 11.3 Å². The number of non-ortho nitro benzene ring substituents is 1. The van der Waals surface area contributed by atoms with Crippen molar-refractivity contribution in [2.45, 2.75) is 24.4 Å². The third-order valence-corrected chi connectivity index (χ3v) is 6.87. The van der Waals surface area contributed by atoms with Gasteiger partial charge in [-0.25, -0.2) is 0 Å². The van der Waals surface area contributed by atoms with Crippen molar-refractivity contribution in [3.63, 3.8) is 0 Å². The molecule has 8 heteroatoms. The first-order valence-corrected chi connectivity index (χ1v) is 10.6. The minimum Gasteiger partial charge on any atom is -0.480 e. The van der Waals surface area contributed by atoms with E-state index in [2.05, 4.69) is 5.32 Å². The maximum atomic E-state index is 13.7. The van der Waals surface area contributed by atoms with E-state index in [0.717, 1.165) is 4.88 Å². The monoisotopic (exact) mass is 436 g/mol. The van der Waals surface area contributed by atoms with Crippen LogP contribution in [0.2, 0.25) is 0 Å². The van der Waals surface area contributed by atoms with Gasteiger partial charge in [0.25, 0.3) is 5.69 Å². The van der Waals surface area contributed by atoms with Crippen LogP contribution in [0.1, 0.15) is 39.7 Å². The summed E-state index contributed by atoms with van der Waals surface area (Å²) in [6.07, 6.45) is 0. The quantitative estimate of drug-likeness (QED) is 0.336. The molecule has 2 heterocycles. The second-order valence-corrected chi connectivity index (χ2v) is 8.71. The number of rotatable bonds is 6. The first-order valence-electron chi connectivity index (χ1n) is 9.71. The van der Waals surface area contributed by atoms with Crippen LogP contribution in [0.4, 0.5) is 5.69 Å². The molecule has 4 atom stereocenters. The van der Waals surface area contributed by atoms with Crippen molar-refractivity contribution in [3.05, 3.63) is 98.2 Å². The second kappa shape index (κ2) is 8.05. The van der Waals surface area contributed by atoms with Crippen molar-refractivity contribution in [2.75, 3.05) is 0 Å². The molecule has 1 aliphatic heterocycles. The summed E-state index contributed by atoms with van der Waals surface area (Å²) in [6.45, 7) is 1.57. The Kier molecular flexibility index (Phi) is 5.43. The van der Waals surface area contributed by atoms with E-state index < -0.39 is 34.3 Å². The normalized spacial score (nSPS) is 25.3. The van der Waals surface area contributed by atoms with E-state index in [0.29, 0.717) is 11.1 Å². The third-order valence-electron chi connectivity index (χ3n) is 5.91. The van der Waals surface area contributed by atoms with Gasteiger partial charge in [-0.2, -0.15) is 0 Å².